The third-order valence-corrected chi connectivity index (χ3v) is 5.90. The highest BCUT2D eigenvalue weighted by Crippen LogP contribution is 2.32. The van der Waals surface area contributed by atoms with Crippen molar-refractivity contribution in [3.05, 3.63) is 36.2 Å². The molecule has 0 spiro atoms. The van der Waals surface area contributed by atoms with Crippen LogP contribution in [0.3, 0.4) is 0 Å². The summed E-state index contributed by atoms with van der Waals surface area (Å²) in [7, 11) is 0. The van der Waals surface area contributed by atoms with Crippen molar-refractivity contribution >= 4 is 17.2 Å². The van der Waals surface area contributed by atoms with Gasteiger partial charge in [-0.05, 0) is 84.1 Å². The first-order chi connectivity index (χ1) is 15.5. The minimum atomic E-state index is 0.0346. The number of anilines is 1. The van der Waals surface area contributed by atoms with Gasteiger partial charge in [0.05, 0.1) is 6.20 Å². The zero-order chi connectivity index (χ0) is 24.2. The predicted octanol–water partition coefficient (Wildman–Crippen LogP) is 5.59. The SMILES string of the molecule is CCCC(C)=N/C=C(\C)c1ccc(-c2cnc(NC3CC(C)(C)NC(C)(C)C3)nn2)c(O)c1. The molecule has 0 amide bonds. The normalized spacial score (nSPS) is 18.9. The Labute approximate surface area is 197 Å². The third-order valence-electron chi connectivity index (χ3n) is 5.90. The fourth-order valence-corrected chi connectivity index (χ4v) is 4.77. The van der Waals surface area contributed by atoms with Crippen molar-refractivity contribution in [2.75, 3.05) is 5.32 Å². The van der Waals surface area contributed by atoms with Gasteiger partial charge in [0.15, 0.2) is 0 Å². The monoisotopic (exact) mass is 450 g/mol. The lowest BCUT2D eigenvalue weighted by atomic mass is 9.80. The van der Waals surface area contributed by atoms with E-state index in [4.69, 9.17) is 0 Å². The van der Waals surface area contributed by atoms with Crippen molar-refractivity contribution in [3.8, 4) is 17.0 Å². The fourth-order valence-electron chi connectivity index (χ4n) is 4.77. The second-order valence-electron chi connectivity index (χ2n) is 10.5. The Bertz CT molecular complexity index is 1010. The van der Waals surface area contributed by atoms with Crippen molar-refractivity contribution in [1.82, 2.24) is 20.5 Å². The van der Waals surface area contributed by atoms with Crippen LogP contribution < -0.4 is 10.6 Å². The highest BCUT2D eigenvalue weighted by atomic mass is 16.3. The van der Waals surface area contributed by atoms with Gasteiger partial charge in [0.25, 0.3) is 0 Å². The van der Waals surface area contributed by atoms with Crippen LogP contribution >= 0.6 is 0 Å². The average Bonchev–Trinajstić information content (AvgIpc) is 2.70. The Morgan fingerprint density at radius 1 is 1.18 bits per heavy atom. The van der Waals surface area contributed by atoms with E-state index in [1.807, 2.05) is 32.2 Å². The second-order valence-corrected chi connectivity index (χ2v) is 10.5. The number of nitrogens with one attached hydrogen (secondary N) is 2. The molecule has 0 aliphatic carbocycles. The molecule has 3 rings (SSSR count). The summed E-state index contributed by atoms with van der Waals surface area (Å²) in [5, 5.41) is 26.3. The van der Waals surface area contributed by atoms with Gasteiger partial charge in [-0.25, -0.2) is 4.98 Å². The van der Waals surface area contributed by atoms with E-state index in [-0.39, 0.29) is 22.9 Å². The van der Waals surface area contributed by atoms with E-state index in [1.54, 1.807) is 12.3 Å². The van der Waals surface area contributed by atoms with Crippen LogP contribution in [0.25, 0.3) is 16.8 Å². The van der Waals surface area contributed by atoms with Crippen LogP contribution in [0.15, 0.2) is 35.6 Å². The minimum absolute atomic E-state index is 0.0346. The Balaban J connectivity index is 1.72. The maximum atomic E-state index is 10.6. The lowest BCUT2D eigenvalue weighted by molar-refractivity contribution is 0.170. The Kier molecular flexibility index (Phi) is 7.52. The van der Waals surface area contributed by atoms with E-state index < -0.39 is 0 Å². The van der Waals surface area contributed by atoms with Crippen LogP contribution in [0.1, 0.15) is 79.7 Å². The molecule has 2 heterocycles. The van der Waals surface area contributed by atoms with Gasteiger partial charge < -0.3 is 15.7 Å². The molecule has 0 atom stereocenters. The van der Waals surface area contributed by atoms with Gasteiger partial charge in [0.1, 0.15) is 11.4 Å². The van der Waals surface area contributed by atoms with Crippen LogP contribution in [-0.2, 0) is 0 Å². The van der Waals surface area contributed by atoms with Crippen molar-refractivity contribution in [3.63, 3.8) is 0 Å². The Morgan fingerprint density at radius 2 is 1.88 bits per heavy atom. The van der Waals surface area contributed by atoms with Gasteiger partial charge in [0, 0.05) is 34.6 Å². The lowest BCUT2D eigenvalue weighted by Crippen LogP contribution is -2.60. The molecule has 1 saturated heterocycles. The smallest absolute Gasteiger partial charge is 0.242 e. The molecule has 1 aromatic carbocycles. The highest BCUT2D eigenvalue weighted by Gasteiger charge is 2.37. The molecule has 2 aromatic rings. The number of aromatic nitrogens is 3. The van der Waals surface area contributed by atoms with E-state index in [0.717, 1.165) is 42.5 Å². The van der Waals surface area contributed by atoms with Gasteiger partial charge in [-0.3, -0.25) is 4.99 Å². The van der Waals surface area contributed by atoms with Crippen LogP contribution in [-0.4, -0.2) is 43.1 Å². The maximum absolute atomic E-state index is 10.6. The number of benzene rings is 1. The average molecular weight is 451 g/mol. The largest absolute Gasteiger partial charge is 0.507 e. The predicted molar refractivity (Wildman–Crippen MR) is 137 cm³/mol. The Hall–Kier alpha value is -2.80. The summed E-state index contributed by atoms with van der Waals surface area (Å²) in [5.41, 5.74) is 4.22. The molecule has 1 fully saturated rings. The Morgan fingerprint density at radius 3 is 2.45 bits per heavy atom. The van der Waals surface area contributed by atoms with E-state index in [2.05, 4.69) is 65.4 Å². The van der Waals surface area contributed by atoms with Gasteiger partial charge in [-0.1, -0.05) is 19.4 Å². The lowest BCUT2D eigenvalue weighted by Gasteiger charge is -2.46. The van der Waals surface area contributed by atoms with E-state index >= 15 is 0 Å². The highest BCUT2D eigenvalue weighted by molar-refractivity contribution is 5.83. The minimum Gasteiger partial charge on any atom is -0.507 e. The molecule has 33 heavy (non-hydrogen) atoms. The van der Waals surface area contributed by atoms with Crippen molar-refractivity contribution in [2.45, 2.75) is 91.3 Å². The first-order valence-corrected chi connectivity index (χ1v) is 11.8. The summed E-state index contributed by atoms with van der Waals surface area (Å²) >= 11 is 0. The molecule has 0 bridgehead atoms. The van der Waals surface area contributed by atoms with Gasteiger partial charge in [-0.15, -0.1) is 10.2 Å². The quantitative estimate of drug-likeness (QED) is 0.476. The number of phenolic OH excluding ortho intramolecular Hbond substituents is 1. The van der Waals surface area contributed by atoms with Crippen LogP contribution in [0.5, 0.6) is 5.75 Å². The number of hydrogen-bond donors (Lipinski definition) is 3. The number of aromatic hydroxyl groups is 1. The number of hydrogen-bond acceptors (Lipinski definition) is 7. The first-order valence-electron chi connectivity index (χ1n) is 11.8. The molecular weight excluding hydrogens is 412 g/mol. The van der Waals surface area contributed by atoms with Gasteiger partial charge in [-0.2, -0.15) is 0 Å². The molecule has 7 nitrogen and oxygen atoms in total. The fraction of sp³-hybridized carbons (Fsp3) is 0.538. The molecule has 0 radical (unpaired) electrons. The molecule has 1 aliphatic rings. The molecule has 0 unspecified atom stereocenters. The molecule has 3 N–H and O–H groups in total. The molecule has 0 saturated carbocycles. The van der Waals surface area contributed by atoms with Crippen molar-refractivity contribution < 1.29 is 5.11 Å². The van der Waals surface area contributed by atoms with Crippen LogP contribution in [0.2, 0.25) is 0 Å². The summed E-state index contributed by atoms with van der Waals surface area (Å²) in [5.74, 6) is 0.653. The van der Waals surface area contributed by atoms with Crippen molar-refractivity contribution in [2.24, 2.45) is 4.99 Å². The van der Waals surface area contributed by atoms with Crippen molar-refractivity contribution in [1.29, 1.82) is 0 Å². The van der Waals surface area contributed by atoms with E-state index in [9.17, 15) is 5.11 Å². The van der Waals surface area contributed by atoms with E-state index in [1.165, 1.54) is 0 Å². The number of phenols is 1. The van der Waals surface area contributed by atoms with Gasteiger partial charge in [0.2, 0.25) is 5.95 Å². The second kappa shape index (κ2) is 10.00. The summed E-state index contributed by atoms with van der Waals surface area (Å²) < 4.78 is 0. The molecule has 7 heteroatoms. The summed E-state index contributed by atoms with van der Waals surface area (Å²) in [6.45, 7) is 15.0. The first kappa shape index (κ1) is 24.8. The third kappa shape index (κ3) is 6.84. The van der Waals surface area contributed by atoms with Gasteiger partial charge >= 0.3 is 0 Å². The number of allylic oxidation sites excluding steroid dienone is 1. The summed E-state index contributed by atoms with van der Waals surface area (Å²) in [6, 6.07) is 5.80. The molecule has 1 aliphatic heterocycles. The zero-order valence-corrected chi connectivity index (χ0v) is 21.0. The number of piperidine rings is 1. The van der Waals surface area contributed by atoms with Crippen LogP contribution in [0.4, 0.5) is 5.95 Å². The molecular formula is C26H38N6O. The van der Waals surface area contributed by atoms with E-state index in [0.29, 0.717) is 17.2 Å². The number of aliphatic imine (C=N–C) groups is 1. The summed E-state index contributed by atoms with van der Waals surface area (Å²) in [4.78, 5) is 8.97. The molecule has 178 valence electrons. The topological polar surface area (TPSA) is 95.3 Å². The molecule has 1 aromatic heterocycles. The standard InChI is InChI=1S/C26H38N6O/c1-8-9-18(3)27-15-17(2)19-10-11-21(23(33)12-19)22-16-28-24(31-30-22)29-20-13-25(4,5)32-26(6,7)14-20/h10-12,15-16,20,32-33H,8-9,13-14H2,1-7H3,(H,28,29,31)/b17-15+,27-18?. The maximum Gasteiger partial charge on any atom is 0.242 e. The number of nitrogens with zero attached hydrogens (tertiary/aromatic N) is 4. The van der Waals surface area contributed by atoms with Crippen LogP contribution in [0, 0.1) is 0 Å². The summed E-state index contributed by atoms with van der Waals surface area (Å²) in [6.07, 6.45) is 7.51. The zero-order valence-electron chi connectivity index (χ0n) is 21.0. The number of rotatable bonds is 7.